The Labute approximate surface area is 113 Å². The molecule has 0 unspecified atom stereocenters. The number of pyridine rings is 2. The highest BCUT2D eigenvalue weighted by molar-refractivity contribution is 5.29. The minimum atomic E-state index is -4.52. The Morgan fingerprint density at radius 1 is 1.15 bits per heavy atom. The third kappa shape index (κ3) is 3.45. The maximum atomic E-state index is 12.6. The molecule has 2 aromatic heterocycles. The van der Waals surface area contributed by atoms with Gasteiger partial charge in [-0.3, -0.25) is 4.98 Å². The van der Waals surface area contributed by atoms with Crippen LogP contribution in [-0.2, 0) is 19.3 Å². The van der Waals surface area contributed by atoms with Gasteiger partial charge in [-0.1, -0.05) is 12.1 Å². The van der Waals surface area contributed by atoms with Gasteiger partial charge < -0.3 is 10.5 Å². The second-order valence-electron chi connectivity index (χ2n) is 3.97. The topological polar surface area (TPSA) is 61.0 Å². The van der Waals surface area contributed by atoms with Crippen LogP contribution in [0, 0.1) is 0 Å². The lowest BCUT2D eigenvalue weighted by atomic mass is 10.2. The second kappa shape index (κ2) is 5.87. The molecule has 0 aliphatic heterocycles. The molecular weight excluding hydrogens is 271 g/mol. The van der Waals surface area contributed by atoms with Gasteiger partial charge in [0, 0.05) is 18.3 Å². The minimum absolute atomic E-state index is 0.0299. The molecule has 20 heavy (non-hydrogen) atoms. The fraction of sp³-hybridized carbons (Fsp3) is 0.231. The van der Waals surface area contributed by atoms with Gasteiger partial charge in [-0.2, -0.15) is 13.2 Å². The number of halogens is 3. The molecule has 0 aliphatic rings. The summed E-state index contributed by atoms with van der Waals surface area (Å²) in [6.07, 6.45) is -2.95. The van der Waals surface area contributed by atoms with Crippen LogP contribution in [0.25, 0.3) is 0 Å². The van der Waals surface area contributed by atoms with Gasteiger partial charge in [0.2, 0.25) is 5.88 Å². The Kier molecular flexibility index (Phi) is 4.19. The van der Waals surface area contributed by atoms with Crippen molar-refractivity contribution in [3.8, 4) is 5.88 Å². The average molecular weight is 283 g/mol. The molecule has 0 fully saturated rings. The fourth-order valence-corrected chi connectivity index (χ4v) is 1.53. The third-order valence-corrected chi connectivity index (χ3v) is 2.53. The van der Waals surface area contributed by atoms with E-state index in [0.29, 0.717) is 11.3 Å². The highest BCUT2D eigenvalue weighted by atomic mass is 19.4. The molecule has 0 spiro atoms. The molecule has 2 aromatic rings. The first-order valence-electron chi connectivity index (χ1n) is 5.80. The SMILES string of the molecule is NCc1ccc(C(F)(F)F)nc1OCc1ccccn1. The summed E-state index contributed by atoms with van der Waals surface area (Å²) >= 11 is 0. The maximum Gasteiger partial charge on any atom is 0.433 e. The second-order valence-corrected chi connectivity index (χ2v) is 3.97. The zero-order valence-corrected chi connectivity index (χ0v) is 10.4. The molecule has 2 N–H and O–H groups in total. The van der Waals surface area contributed by atoms with Gasteiger partial charge >= 0.3 is 6.18 Å². The summed E-state index contributed by atoms with van der Waals surface area (Å²) in [5.74, 6) is -0.118. The molecule has 2 heterocycles. The zero-order chi connectivity index (χ0) is 14.6. The average Bonchev–Trinajstić information content (AvgIpc) is 2.45. The van der Waals surface area contributed by atoms with E-state index in [0.717, 1.165) is 6.07 Å². The van der Waals surface area contributed by atoms with Crippen LogP contribution < -0.4 is 10.5 Å². The lowest BCUT2D eigenvalue weighted by Crippen LogP contribution is -2.12. The van der Waals surface area contributed by atoms with Crippen molar-refractivity contribution in [2.24, 2.45) is 5.73 Å². The van der Waals surface area contributed by atoms with E-state index in [1.807, 2.05) is 0 Å². The Hall–Kier alpha value is -2.15. The highest BCUT2D eigenvalue weighted by Gasteiger charge is 2.33. The molecule has 0 bridgehead atoms. The maximum absolute atomic E-state index is 12.6. The molecule has 0 saturated heterocycles. The number of ether oxygens (including phenoxy) is 1. The molecule has 0 aromatic carbocycles. The van der Waals surface area contributed by atoms with Crippen LogP contribution in [0.5, 0.6) is 5.88 Å². The zero-order valence-electron chi connectivity index (χ0n) is 10.4. The monoisotopic (exact) mass is 283 g/mol. The predicted octanol–water partition coefficient (Wildman–Crippen LogP) is 2.53. The molecule has 0 amide bonds. The molecule has 2 rings (SSSR count). The van der Waals surface area contributed by atoms with Crippen molar-refractivity contribution in [1.82, 2.24) is 9.97 Å². The first kappa shape index (κ1) is 14.3. The first-order valence-corrected chi connectivity index (χ1v) is 5.80. The summed E-state index contributed by atoms with van der Waals surface area (Å²) in [6.45, 7) is 0.0742. The van der Waals surface area contributed by atoms with Crippen molar-refractivity contribution in [3.05, 3.63) is 53.5 Å². The van der Waals surface area contributed by atoms with Gasteiger partial charge in [-0.15, -0.1) is 0 Å². The highest BCUT2D eigenvalue weighted by Crippen LogP contribution is 2.30. The Balaban J connectivity index is 2.21. The van der Waals surface area contributed by atoms with Crippen molar-refractivity contribution < 1.29 is 17.9 Å². The quantitative estimate of drug-likeness (QED) is 0.936. The summed E-state index contributed by atoms with van der Waals surface area (Å²) in [4.78, 5) is 7.49. The van der Waals surface area contributed by atoms with E-state index in [2.05, 4.69) is 9.97 Å². The number of alkyl halides is 3. The van der Waals surface area contributed by atoms with E-state index in [1.165, 1.54) is 6.07 Å². The number of aromatic nitrogens is 2. The molecule has 0 radical (unpaired) electrons. The molecular formula is C13H12F3N3O. The van der Waals surface area contributed by atoms with E-state index >= 15 is 0 Å². The van der Waals surface area contributed by atoms with Gasteiger partial charge in [0.1, 0.15) is 12.3 Å². The van der Waals surface area contributed by atoms with Gasteiger partial charge in [0.05, 0.1) is 5.69 Å². The Morgan fingerprint density at radius 3 is 2.55 bits per heavy atom. The molecule has 4 nitrogen and oxygen atoms in total. The molecule has 7 heteroatoms. The summed E-state index contributed by atoms with van der Waals surface area (Å²) in [5, 5.41) is 0. The Morgan fingerprint density at radius 2 is 1.95 bits per heavy atom. The molecule has 0 saturated carbocycles. The number of hydrogen-bond donors (Lipinski definition) is 1. The van der Waals surface area contributed by atoms with Crippen LogP contribution in [0.3, 0.4) is 0 Å². The van der Waals surface area contributed by atoms with Crippen LogP contribution >= 0.6 is 0 Å². The van der Waals surface area contributed by atoms with Gasteiger partial charge in [0.25, 0.3) is 0 Å². The van der Waals surface area contributed by atoms with E-state index < -0.39 is 11.9 Å². The van der Waals surface area contributed by atoms with Gasteiger partial charge in [-0.25, -0.2) is 4.98 Å². The Bertz CT molecular complexity index is 573. The number of hydrogen-bond acceptors (Lipinski definition) is 4. The van der Waals surface area contributed by atoms with E-state index in [1.54, 1.807) is 24.4 Å². The van der Waals surface area contributed by atoms with Gasteiger partial charge in [0.15, 0.2) is 0 Å². The summed E-state index contributed by atoms with van der Waals surface area (Å²) < 4.78 is 43.1. The fourth-order valence-electron chi connectivity index (χ4n) is 1.53. The predicted molar refractivity (Wildman–Crippen MR) is 65.7 cm³/mol. The van der Waals surface area contributed by atoms with Crippen LogP contribution in [0.1, 0.15) is 17.0 Å². The first-order chi connectivity index (χ1) is 9.50. The number of nitrogens with two attached hydrogens (primary N) is 1. The van der Waals surface area contributed by atoms with Crippen molar-refractivity contribution in [2.75, 3.05) is 0 Å². The lowest BCUT2D eigenvalue weighted by Gasteiger charge is -2.12. The summed E-state index contributed by atoms with van der Waals surface area (Å²) in [5.41, 5.74) is 5.46. The standard InChI is InChI=1S/C13H12F3N3O/c14-13(15,16)11-5-4-9(7-17)12(19-11)20-8-10-3-1-2-6-18-10/h1-6H,7-8,17H2. The lowest BCUT2D eigenvalue weighted by molar-refractivity contribution is -0.141. The van der Waals surface area contributed by atoms with E-state index in [-0.39, 0.29) is 19.0 Å². The van der Waals surface area contributed by atoms with Crippen LogP contribution in [0.2, 0.25) is 0 Å². The van der Waals surface area contributed by atoms with Crippen molar-refractivity contribution in [1.29, 1.82) is 0 Å². The number of nitrogens with zero attached hydrogens (tertiary/aromatic N) is 2. The van der Waals surface area contributed by atoms with Crippen molar-refractivity contribution >= 4 is 0 Å². The normalized spacial score (nSPS) is 11.4. The van der Waals surface area contributed by atoms with Crippen LogP contribution in [0.4, 0.5) is 13.2 Å². The molecule has 106 valence electrons. The largest absolute Gasteiger partial charge is 0.471 e. The van der Waals surface area contributed by atoms with Crippen LogP contribution in [-0.4, -0.2) is 9.97 Å². The van der Waals surface area contributed by atoms with E-state index in [9.17, 15) is 13.2 Å². The molecule has 0 aliphatic carbocycles. The number of rotatable bonds is 4. The van der Waals surface area contributed by atoms with Crippen molar-refractivity contribution in [2.45, 2.75) is 19.3 Å². The third-order valence-electron chi connectivity index (χ3n) is 2.53. The van der Waals surface area contributed by atoms with E-state index in [4.69, 9.17) is 10.5 Å². The van der Waals surface area contributed by atoms with Crippen LogP contribution in [0.15, 0.2) is 36.5 Å². The smallest absolute Gasteiger partial charge is 0.433 e. The summed E-state index contributed by atoms with van der Waals surface area (Å²) in [7, 11) is 0. The minimum Gasteiger partial charge on any atom is -0.471 e. The van der Waals surface area contributed by atoms with Crippen molar-refractivity contribution in [3.63, 3.8) is 0 Å². The molecule has 0 atom stereocenters. The summed E-state index contributed by atoms with van der Waals surface area (Å²) in [6, 6.07) is 7.35. The van der Waals surface area contributed by atoms with Gasteiger partial charge in [-0.05, 0) is 18.2 Å².